The van der Waals surface area contributed by atoms with Crippen LogP contribution < -0.4 is 4.74 Å². The van der Waals surface area contributed by atoms with Crippen LogP contribution in [0.25, 0.3) is 5.69 Å². The maximum atomic E-state index is 14.5. The molecule has 0 bridgehead atoms. The molecule has 8 heteroatoms. The van der Waals surface area contributed by atoms with E-state index in [0.29, 0.717) is 30.6 Å². The molecule has 184 valence electrons. The summed E-state index contributed by atoms with van der Waals surface area (Å²) in [5.74, 6) is 1.73. The molecule has 1 aromatic heterocycles. The molecule has 1 aliphatic carbocycles. The van der Waals surface area contributed by atoms with Gasteiger partial charge in [-0.25, -0.2) is 13.5 Å². The second kappa shape index (κ2) is 11.5. The van der Waals surface area contributed by atoms with E-state index in [1.54, 1.807) is 4.68 Å². The van der Waals surface area contributed by atoms with E-state index in [2.05, 4.69) is 15.9 Å². The van der Waals surface area contributed by atoms with E-state index in [0.717, 1.165) is 42.8 Å². The van der Waals surface area contributed by atoms with Crippen LogP contribution in [0.1, 0.15) is 24.1 Å². The number of ether oxygens (including phenoxy) is 2. The minimum atomic E-state index is -0.801. The van der Waals surface area contributed by atoms with E-state index in [-0.39, 0.29) is 19.0 Å². The number of benzene rings is 2. The maximum Gasteiger partial charge on any atom is 0.227 e. The molecular formula is C27H29F2N3O3. The lowest BCUT2D eigenvalue weighted by Gasteiger charge is -2.25. The molecule has 1 saturated carbocycles. The van der Waals surface area contributed by atoms with E-state index < -0.39 is 17.7 Å². The Morgan fingerprint density at radius 2 is 2.00 bits per heavy atom. The number of aryl methyl sites for hydroxylation is 1. The standard InChI is InChI=1S/C27H29F2N3O3/c1-3-13-34-18-23(33)16-31(15-20-9-10-20)17-24-19(2)30-32(22-7-5-4-6-8-22)27(24)35-26-12-11-21(28)14-25(26)29/h1,4-8,11-12,14,20,23,33H,9-10,13,15-18H2,2H3. The second-order valence-corrected chi connectivity index (χ2v) is 8.80. The van der Waals surface area contributed by atoms with Crippen LogP contribution in [-0.2, 0) is 11.3 Å². The molecular weight excluding hydrogens is 452 g/mol. The number of rotatable bonds is 12. The molecule has 0 amide bonds. The van der Waals surface area contributed by atoms with Crippen molar-refractivity contribution in [2.24, 2.45) is 5.92 Å². The number of halogens is 2. The van der Waals surface area contributed by atoms with Gasteiger partial charge in [-0.05, 0) is 49.9 Å². The predicted octanol–water partition coefficient (Wildman–Crippen LogP) is 4.47. The van der Waals surface area contributed by atoms with Gasteiger partial charge in [-0.2, -0.15) is 5.10 Å². The fourth-order valence-electron chi connectivity index (χ4n) is 3.93. The third-order valence-electron chi connectivity index (χ3n) is 5.80. The van der Waals surface area contributed by atoms with Gasteiger partial charge in [0.05, 0.1) is 29.7 Å². The van der Waals surface area contributed by atoms with Gasteiger partial charge in [-0.3, -0.25) is 4.90 Å². The molecule has 1 N–H and O–H groups in total. The summed E-state index contributed by atoms with van der Waals surface area (Å²) in [7, 11) is 0. The van der Waals surface area contributed by atoms with Gasteiger partial charge in [0.1, 0.15) is 12.4 Å². The number of nitrogens with zero attached hydrogens (tertiary/aromatic N) is 3. The molecule has 1 aliphatic rings. The maximum absolute atomic E-state index is 14.5. The molecule has 0 spiro atoms. The van der Waals surface area contributed by atoms with E-state index in [1.165, 1.54) is 6.07 Å². The van der Waals surface area contributed by atoms with Gasteiger partial charge >= 0.3 is 0 Å². The van der Waals surface area contributed by atoms with Crippen molar-refractivity contribution in [1.82, 2.24) is 14.7 Å². The van der Waals surface area contributed by atoms with Crippen molar-refractivity contribution >= 4 is 0 Å². The lowest BCUT2D eigenvalue weighted by atomic mass is 10.2. The summed E-state index contributed by atoms with van der Waals surface area (Å²) in [6, 6.07) is 12.6. The fourth-order valence-corrected chi connectivity index (χ4v) is 3.93. The Kier molecular flexibility index (Phi) is 8.13. The van der Waals surface area contributed by atoms with Gasteiger partial charge in [0.25, 0.3) is 0 Å². The highest BCUT2D eigenvalue weighted by Gasteiger charge is 2.28. The number of hydrogen-bond acceptors (Lipinski definition) is 5. The van der Waals surface area contributed by atoms with Crippen molar-refractivity contribution in [3.8, 4) is 29.7 Å². The SMILES string of the molecule is C#CCOCC(O)CN(Cc1c(C)nn(-c2ccccc2)c1Oc1ccc(F)cc1F)CC1CC1. The lowest BCUT2D eigenvalue weighted by molar-refractivity contribution is 0.0250. The van der Waals surface area contributed by atoms with Crippen molar-refractivity contribution in [3.63, 3.8) is 0 Å². The number of para-hydroxylation sites is 1. The molecule has 6 nitrogen and oxygen atoms in total. The van der Waals surface area contributed by atoms with Crippen LogP contribution in [0.15, 0.2) is 48.5 Å². The zero-order chi connectivity index (χ0) is 24.8. The van der Waals surface area contributed by atoms with E-state index in [9.17, 15) is 13.9 Å². The van der Waals surface area contributed by atoms with Gasteiger partial charge in [0, 0.05) is 25.7 Å². The topological polar surface area (TPSA) is 59.8 Å². The average molecular weight is 482 g/mol. The van der Waals surface area contributed by atoms with Crippen LogP contribution in [0, 0.1) is 36.8 Å². The summed E-state index contributed by atoms with van der Waals surface area (Å²) in [6.07, 6.45) is 6.79. The molecule has 3 aromatic rings. The van der Waals surface area contributed by atoms with Gasteiger partial charge in [-0.1, -0.05) is 24.1 Å². The van der Waals surface area contributed by atoms with Crippen molar-refractivity contribution in [3.05, 3.63) is 71.4 Å². The summed E-state index contributed by atoms with van der Waals surface area (Å²) in [6.45, 7) is 3.75. The van der Waals surface area contributed by atoms with Crippen LogP contribution >= 0.6 is 0 Å². The molecule has 1 unspecified atom stereocenters. The third-order valence-corrected chi connectivity index (χ3v) is 5.80. The first-order chi connectivity index (χ1) is 16.9. The number of terminal acetylenes is 1. The molecule has 35 heavy (non-hydrogen) atoms. The monoisotopic (exact) mass is 481 g/mol. The predicted molar refractivity (Wildman–Crippen MR) is 128 cm³/mol. The van der Waals surface area contributed by atoms with E-state index in [1.807, 2.05) is 37.3 Å². The van der Waals surface area contributed by atoms with Crippen LogP contribution in [0.5, 0.6) is 11.6 Å². The number of aromatic nitrogens is 2. The summed E-state index contributed by atoms with van der Waals surface area (Å²) in [5, 5.41) is 15.2. The highest BCUT2D eigenvalue weighted by molar-refractivity contribution is 5.43. The van der Waals surface area contributed by atoms with Crippen LogP contribution in [0.4, 0.5) is 8.78 Å². The fraction of sp³-hybridized carbons (Fsp3) is 0.370. The minimum Gasteiger partial charge on any atom is -0.435 e. The minimum absolute atomic E-state index is 0.0961. The average Bonchev–Trinajstić information content (AvgIpc) is 3.60. The largest absolute Gasteiger partial charge is 0.435 e. The van der Waals surface area contributed by atoms with E-state index >= 15 is 0 Å². The second-order valence-electron chi connectivity index (χ2n) is 8.80. The molecule has 1 heterocycles. The number of aliphatic hydroxyl groups excluding tert-OH is 1. The molecule has 0 radical (unpaired) electrons. The first-order valence-electron chi connectivity index (χ1n) is 11.6. The molecule has 0 aliphatic heterocycles. The molecule has 1 fully saturated rings. The van der Waals surface area contributed by atoms with Crippen LogP contribution in [0.2, 0.25) is 0 Å². The van der Waals surface area contributed by atoms with Crippen LogP contribution in [0.3, 0.4) is 0 Å². The summed E-state index contributed by atoms with van der Waals surface area (Å²) < 4.78 is 40.9. The van der Waals surface area contributed by atoms with E-state index in [4.69, 9.17) is 15.9 Å². The van der Waals surface area contributed by atoms with Gasteiger partial charge < -0.3 is 14.6 Å². The van der Waals surface area contributed by atoms with Gasteiger partial charge in [0.15, 0.2) is 11.6 Å². The third kappa shape index (κ3) is 6.67. The summed E-state index contributed by atoms with van der Waals surface area (Å²) in [4.78, 5) is 2.13. The van der Waals surface area contributed by atoms with Crippen LogP contribution in [-0.4, -0.2) is 52.2 Å². The first kappa shape index (κ1) is 24.9. The van der Waals surface area contributed by atoms with Gasteiger partial charge in [-0.15, -0.1) is 6.42 Å². The van der Waals surface area contributed by atoms with Crippen molar-refractivity contribution < 1.29 is 23.4 Å². The lowest BCUT2D eigenvalue weighted by Crippen LogP contribution is -2.36. The van der Waals surface area contributed by atoms with Crippen molar-refractivity contribution in [1.29, 1.82) is 0 Å². The molecule has 0 saturated heterocycles. The first-order valence-corrected chi connectivity index (χ1v) is 11.6. The van der Waals surface area contributed by atoms with Gasteiger partial charge in [0.2, 0.25) is 5.88 Å². The zero-order valence-electron chi connectivity index (χ0n) is 19.7. The number of aliphatic hydroxyl groups is 1. The Hall–Kier alpha value is -3.25. The van der Waals surface area contributed by atoms with Crippen molar-refractivity contribution in [2.75, 3.05) is 26.3 Å². The highest BCUT2D eigenvalue weighted by atomic mass is 19.1. The Labute approximate surface area is 204 Å². The summed E-state index contributed by atoms with van der Waals surface area (Å²) >= 11 is 0. The smallest absolute Gasteiger partial charge is 0.227 e. The molecule has 2 aromatic carbocycles. The summed E-state index contributed by atoms with van der Waals surface area (Å²) in [5.41, 5.74) is 2.22. The quantitative estimate of drug-likeness (QED) is 0.306. The Morgan fingerprint density at radius 1 is 1.23 bits per heavy atom. The molecule has 1 atom stereocenters. The molecule has 4 rings (SSSR count). The Bertz CT molecular complexity index is 1170. The zero-order valence-corrected chi connectivity index (χ0v) is 19.7. The van der Waals surface area contributed by atoms with Crippen molar-refractivity contribution in [2.45, 2.75) is 32.4 Å². The highest BCUT2D eigenvalue weighted by Crippen LogP contribution is 2.35. The normalized spacial score (nSPS) is 14.2. The number of hydrogen-bond donors (Lipinski definition) is 1. The Morgan fingerprint density at radius 3 is 2.69 bits per heavy atom. The Balaban J connectivity index is 1.65.